The number of hydrogen-bond donors (Lipinski definition) is 1. The summed E-state index contributed by atoms with van der Waals surface area (Å²) in [5, 5.41) is 3.49. The molecule has 0 aliphatic carbocycles. The van der Waals surface area contributed by atoms with Crippen LogP contribution in [0.4, 0.5) is 0 Å². The number of likely N-dealkylation sites (tertiary alicyclic amines) is 1. The van der Waals surface area contributed by atoms with Gasteiger partial charge in [0, 0.05) is 51.8 Å². The lowest BCUT2D eigenvalue weighted by molar-refractivity contribution is 0.0536. The Labute approximate surface area is 199 Å². The van der Waals surface area contributed by atoms with Crippen molar-refractivity contribution < 1.29 is 9.47 Å². The molecular weight excluding hydrogens is 491 g/mol. The van der Waals surface area contributed by atoms with Gasteiger partial charge in [0.1, 0.15) is 0 Å². The molecule has 2 atom stereocenters. The lowest BCUT2D eigenvalue weighted by atomic mass is 9.99. The van der Waals surface area contributed by atoms with Crippen LogP contribution >= 0.6 is 24.0 Å². The molecule has 6 nitrogen and oxygen atoms in total. The number of ether oxygens (including phenoxy) is 2. The third kappa shape index (κ3) is 7.35. The van der Waals surface area contributed by atoms with Crippen molar-refractivity contribution in [2.45, 2.75) is 39.3 Å². The Balaban J connectivity index is 0.00000320. The minimum absolute atomic E-state index is 0. The number of fused-ring (bicyclic) bond motifs is 1. The van der Waals surface area contributed by atoms with Crippen LogP contribution in [-0.4, -0.2) is 81.5 Å². The number of nitrogens with one attached hydrogen (secondary N) is 1. The number of methoxy groups -OCH3 is 1. The second-order valence-electron chi connectivity index (χ2n) is 8.20. The highest BCUT2D eigenvalue weighted by Gasteiger charge is 2.26. The molecule has 0 bridgehead atoms. The zero-order valence-electron chi connectivity index (χ0n) is 18.8. The topological polar surface area (TPSA) is 49.3 Å². The van der Waals surface area contributed by atoms with Gasteiger partial charge in [0.2, 0.25) is 0 Å². The van der Waals surface area contributed by atoms with Crippen molar-refractivity contribution in [3.8, 4) is 0 Å². The minimum Gasteiger partial charge on any atom is -0.382 e. The Bertz CT molecular complexity index is 658. The van der Waals surface area contributed by atoms with Crippen molar-refractivity contribution in [3.63, 3.8) is 0 Å². The van der Waals surface area contributed by atoms with E-state index in [2.05, 4.69) is 53.2 Å². The number of nitrogens with zero attached hydrogens (tertiary/aromatic N) is 3. The van der Waals surface area contributed by atoms with Crippen molar-refractivity contribution in [1.82, 2.24) is 15.1 Å². The fourth-order valence-electron chi connectivity index (χ4n) is 4.21. The lowest BCUT2D eigenvalue weighted by Crippen LogP contribution is -2.43. The SMILES string of the molecule is CCNC(=NCC(C)N1CCc2ccccc2C1)N1CCC(COCCOC)C1.I. The van der Waals surface area contributed by atoms with Gasteiger partial charge in [-0.15, -0.1) is 24.0 Å². The molecule has 0 radical (unpaired) electrons. The van der Waals surface area contributed by atoms with E-state index in [9.17, 15) is 0 Å². The first-order chi connectivity index (χ1) is 14.2. The summed E-state index contributed by atoms with van der Waals surface area (Å²) in [5.41, 5.74) is 2.97. The highest BCUT2D eigenvalue weighted by atomic mass is 127. The number of guanidine groups is 1. The van der Waals surface area contributed by atoms with Gasteiger partial charge < -0.3 is 19.7 Å². The van der Waals surface area contributed by atoms with E-state index in [0.717, 1.165) is 64.7 Å². The van der Waals surface area contributed by atoms with E-state index in [1.807, 2.05) is 0 Å². The first kappa shape index (κ1) is 25.4. The smallest absolute Gasteiger partial charge is 0.193 e. The monoisotopic (exact) mass is 530 g/mol. The second-order valence-corrected chi connectivity index (χ2v) is 8.20. The summed E-state index contributed by atoms with van der Waals surface area (Å²) >= 11 is 0. The lowest BCUT2D eigenvalue weighted by Gasteiger charge is -2.33. The quantitative estimate of drug-likeness (QED) is 0.230. The van der Waals surface area contributed by atoms with Crippen molar-refractivity contribution in [2.24, 2.45) is 10.9 Å². The van der Waals surface area contributed by atoms with E-state index in [1.165, 1.54) is 11.1 Å². The van der Waals surface area contributed by atoms with Crippen molar-refractivity contribution in [1.29, 1.82) is 0 Å². The fourth-order valence-corrected chi connectivity index (χ4v) is 4.21. The van der Waals surface area contributed by atoms with Crippen LogP contribution in [0.15, 0.2) is 29.3 Å². The van der Waals surface area contributed by atoms with E-state index < -0.39 is 0 Å². The fraction of sp³-hybridized carbons (Fsp3) is 0.696. The van der Waals surface area contributed by atoms with Crippen molar-refractivity contribution in [3.05, 3.63) is 35.4 Å². The molecule has 0 amide bonds. The Morgan fingerprint density at radius 2 is 2.03 bits per heavy atom. The average Bonchev–Trinajstić information content (AvgIpc) is 3.22. The Morgan fingerprint density at radius 1 is 1.23 bits per heavy atom. The summed E-state index contributed by atoms with van der Waals surface area (Å²) in [6.45, 7) is 12.5. The van der Waals surface area contributed by atoms with Crippen LogP contribution in [0.3, 0.4) is 0 Å². The Kier molecular flexibility index (Phi) is 11.4. The van der Waals surface area contributed by atoms with Crippen LogP contribution in [0.5, 0.6) is 0 Å². The molecule has 0 aromatic heterocycles. The molecule has 170 valence electrons. The minimum atomic E-state index is 0. The molecule has 7 heteroatoms. The standard InChI is InChI=1S/C23H38N4O2.HI/c1-4-24-23(27-11-9-20(16-27)18-29-14-13-28-3)25-15-19(2)26-12-10-21-7-5-6-8-22(21)17-26;/h5-8,19-20H,4,9-18H2,1-3H3,(H,24,25);1H. The van der Waals surface area contributed by atoms with E-state index in [1.54, 1.807) is 7.11 Å². The van der Waals surface area contributed by atoms with E-state index in [-0.39, 0.29) is 24.0 Å². The molecule has 1 saturated heterocycles. The molecule has 2 heterocycles. The zero-order chi connectivity index (χ0) is 20.5. The number of benzene rings is 1. The van der Waals surface area contributed by atoms with Crippen LogP contribution in [0, 0.1) is 5.92 Å². The predicted molar refractivity (Wildman–Crippen MR) is 134 cm³/mol. The first-order valence-electron chi connectivity index (χ1n) is 11.1. The molecular formula is C23H39IN4O2. The Morgan fingerprint density at radius 3 is 2.80 bits per heavy atom. The predicted octanol–water partition coefficient (Wildman–Crippen LogP) is 3.00. The van der Waals surface area contributed by atoms with Gasteiger partial charge in [-0.3, -0.25) is 9.89 Å². The molecule has 1 fully saturated rings. The molecule has 3 rings (SSSR count). The summed E-state index contributed by atoms with van der Waals surface area (Å²) in [6.07, 6.45) is 2.30. The molecule has 0 spiro atoms. The van der Waals surface area contributed by atoms with Crippen molar-refractivity contribution in [2.75, 3.05) is 59.7 Å². The number of aliphatic imine (C=N–C) groups is 1. The van der Waals surface area contributed by atoms with Gasteiger partial charge in [-0.25, -0.2) is 0 Å². The maximum atomic E-state index is 5.73. The zero-order valence-corrected chi connectivity index (χ0v) is 21.1. The van der Waals surface area contributed by atoms with E-state index in [0.29, 0.717) is 25.2 Å². The molecule has 2 aliphatic heterocycles. The molecule has 1 aromatic carbocycles. The van der Waals surface area contributed by atoms with Gasteiger partial charge in [-0.1, -0.05) is 24.3 Å². The van der Waals surface area contributed by atoms with Crippen LogP contribution in [-0.2, 0) is 22.4 Å². The number of hydrogen-bond acceptors (Lipinski definition) is 4. The Hall–Kier alpha value is -0.900. The van der Waals surface area contributed by atoms with E-state index in [4.69, 9.17) is 14.5 Å². The first-order valence-corrected chi connectivity index (χ1v) is 11.1. The molecule has 1 N–H and O–H groups in total. The maximum Gasteiger partial charge on any atom is 0.193 e. The highest BCUT2D eigenvalue weighted by Crippen LogP contribution is 2.21. The summed E-state index contributed by atoms with van der Waals surface area (Å²) in [4.78, 5) is 9.96. The van der Waals surface area contributed by atoms with Crippen molar-refractivity contribution >= 4 is 29.9 Å². The van der Waals surface area contributed by atoms with Gasteiger partial charge in [0.05, 0.1) is 26.4 Å². The van der Waals surface area contributed by atoms with Crippen LogP contribution in [0.2, 0.25) is 0 Å². The van der Waals surface area contributed by atoms with Crippen LogP contribution < -0.4 is 5.32 Å². The van der Waals surface area contributed by atoms with Crippen LogP contribution in [0.25, 0.3) is 0 Å². The van der Waals surface area contributed by atoms with Gasteiger partial charge >= 0.3 is 0 Å². The largest absolute Gasteiger partial charge is 0.382 e. The summed E-state index contributed by atoms with van der Waals surface area (Å²) < 4.78 is 10.8. The highest BCUT2D eigenvalue weighted by molar-refractivity contribution is 14.0. The summed E-state index contributed by atoms with van der Waals surface area (Å²) in [6, 6.07) is 9.27. The third-order valence-corrected chi connectivity index (χ3v) is 5.99. The summed E-state index contributed by atoms with van der Waals surface area (Å²) in [7, 11) is 1.71. The van der Waals surface area contributed by atoms with Gasteiger partial charge in [0.25, 0.3) is 0 Å². The number of halogens is 1. The maximum absolute atomic E-state index is 5.73. The van der Waals surface area contributed by atoms with Gasteiger partial charge in [-0.05, 0) is 37.8 Å². The normalized spacial score (nSPS) is 20.6. The number of rotatable bonds is 9. The average molecular weight is 530 g/mol. The van der Waals surface area contributed by atoms with Gasteiger partial charge in [-0.2, -0.15) is 0 Å². The molecule has 2 aliphatic rings. The van der Waals surface area contributed by atoms with E-state index >= 15 is 0 Å². The molecule has 0 saturated carbocycles. The second kappa shape index (κ2) is 13.5. The molecule has 30 heavy (non-hydrogen) atoms. The molecule has 2 unspecified atom stereocenters. The van der Waals surface area contributed by atoms with Gasteiger partial charge in [0.15, 0.2) is 5.96 Å². The molecule has 1 aromatic rings. The third-order valence-electron chi connectivity index (χ3n) is 5.99. The summed E-state index contributed by atoms with van der Waals surface area (Å²) in [5.74, 6) is 1.63. The van der Waals surface area contributed by atoms with Crippen LogP contribution in [0.1, 0.15) is 31.4 Å².